The summed E-state index contributed by atoms with van der Waals surface area (Å²) < 4.78 is 0. The largest absolute Gasteiger partial charge is 0.361 e. The highest BCUT2D eigenvalue weighted by molar-refractivity contribution is 5.83. The van der Waals surface area contributed by atoms with Gasteiger partial charge in [0.25, 0.3) is 0 Å². The quantitative estimate of drug-likeness (QED) is 0.789. The van der Waals surface area contributed by atoms with Gasteiger partial charge < -0.3 is 10.7 Å². The molecule has 2 aromatic rings. The summed E-state index contributed by atoms with van der Waals surface area (Å²) >= 11 is 0. The molecule has 0 saturated heterocycles. The van der Waals surface area contributed by atoms with Gasteiger partial charge in [0.2, 0.25) is 0 Å². The predicted molar refractivity (Wildman–Crippen MR) is 64.8 cm³/mol. The number of hydrogen-bond acceptors (Lipinski definition) is 1. The predicted octanol–water partition coefficient (Wildman–Crippen LogP) is 2.69. The molecule has 80 valence electrons. The van der Waals surface area contributed by atoms with Crippen molar-refractivity contribution in [3.63, 3.8) is 0 Å². The van der Waals surface area contributed by atoms with E-state index in [1.54, 1.807) is 0 Å². The van der Waals surface area contributed by atoms with Crippen molar-refractivity contribution in [2.75, 3.05) is 0 Å². The molecule has 0 radical (unpaired) electrons. The van der Waals surface area contributed by atoms with E-state index >= 15 is 0 Å². The van der Waals surface area contributed by atoms with Gasteiger partial charge in [-0.3, -0.25) is 0 Å². The Labute approximate surface area is 90.5 Å². The zero-order valence-corrected chi connectivity index (χ0v) is 9.33. The molecule has 0 spiro atoms. The standard InChI is InChI=1S/C13H18N2/c1-9(2)12(14)7-10-8-15-13-6-4-3-5-11(10)13/h3-6,8-9,12,15H,7,14H2,1-2H3/t12-/m0/s1. The van der Waals surface area contributed by atoms with Crippen molar-refractivity contribution in [1.29, 1.82) is 0 Å². The Morgan fingerprint density at radius 3 is 2.73 bits per heavy atom. The van der Waals surface area contributed by atoms with Gasteiger partial charge in [-0.05, 0) is 24.0 Å². The summed E-state index contributed by atoms with van der Waals surface area (Å²) in [6.45, 7) is 4.33. The summed E-state index contributed by atoms with van der Waals surface area (Å²) in [6.07, 6.45) is 3.02. The first-order valence-electron chi connectivity index (χ1n) is 5.49. The second-order valence-corrected chi connectivity index (χ2v) is 4.47. The second kappa shape index (κ2) is 4.07. The topological polar surface area (TPSA) is 41.8 Å². The maximum absolute atomic E-state index is 6.08. The highest BCUT2D eigenvalue weighted by Crippen LogP contribution is 2.19. The molecule has 2 heteroatoms. The summed E-state index contributed by atoms with van der Waals surface area (Å²) in [7, 11) is 0. The van der Waals surface area contributed by atoms with E-state index in [0.29, 0.717) is 5.92 Å². The fourth-order valence-electron chi connectivity index (χ4n) is 1.79. The molecule has 0 unspecified atom stereocenters. The highest BCUT2D eigenvalue weighted by atomic mass is 14.7. The van der Waals surface area contributed by atoms with Crippen LogP contribution in [0.4, 0.5) is 0 Å². The van der Waals surface area contributed by atoms with Gasteiger partial charge in [-0.1, -0.05) is 32.0 Å². The van der Waals surface area contributed by atoms with Crippen LogP contribution >= 0.6 is 0 Å². The summed E-state index contributed by atoms with van der Waals surface area (Å²) in [5.74, 6) is 0.527. The molecule has 3 N–H and O–H groups in total. The number of aromatic nitrogens is 1. The van der Waals surface area contributed by atoms with E-state index in [1.807, 2.05) is 6.07 Å². The summed E-state index contributed by atoms with van der Waals surface area (Å²) in [4.78, 5) is 3.28. The van der Waals surface area contributed by atoms with Crippen LogP contribution in [0.5, 0.6) is 0 Å². The van der Waals surface area contributed by atoms with Crippen molar-refractivity contribution in [3.8, 4) is 0 Å². The molecule has 2 nitrogen and oxygen atoms in total. The summed E-state index contributed by atoms with van der Waals surface area (Å²) in [6, 6.07) is 8.60. The van der Waals surface area contributed by atoms with Crippen molar-refractivity contribution in [3.05, 3.63) is 36.0 Å². The fourth-order valence-corrected chi connectivity index (χ4v) is 1.79. The van der Waals surface area contributed by atoms with Crippen LogP contribution < -0.4 is 5.73 Å². The zero-order valence-electron chi connectivity index (χ0n) is 9.33. The van der Waals surface area contributed by atoms with Crippen LogP contribution in [-0.2, 0) is 6.42 Å². The van der Waals surface area contributed by atoms with Gasteiger partial charge in [-0.2, -0.15) is 0 Å². The van der Waals surface area contributed by atoms with Crippen LogP contribution in [0.15, 0.2) is 30.5 Å². The average Bonchev–Trinajstić information content (AvgIpc) is 2.62. The number of para-hydroxylation sites is 1. The van der Waals surface area contributed by atoms with Gasteiger partial charge in [-0.25, -0.2) is 0 Å². The minimum atomic E-state index is 0.240. The van der Waals surface area contributed by atoms with Gasteiger partial charge in [-0.15, -0.1) is 0 Å². The monoisotopic (exact) mass is 202 g/mol. The minimum Gasteiger partial charge on any atom is -0.361 e. The number of fused-ring (bicyclic) bond motifs is 1. The van der Waals surface area contributed by atoms with Crippen molar-refractivity contribution >= 4 is 10.9 Å². The van der Waals surface area contributed by atoms with Crippen molar-refractivity contribution in [2.45, 2.75) is 26.3 Å². The molecule has 1 heterocycles. The van der Waals surface area contributed by atoms with E-state index in [4.69, 9.17) is 5.73 Å². The molecule has 0 bridgehead atoms. The number of hydrogen-bond donors (Lipinski definition) is 2. The molecule has 0 aliphatic carbocycles. The van der Waals surface area contributed by atoms with E-state index in [1.165, 1.54) is 16.5 Å². The average molecular weight is 202 g/mol. The number of nitrogens with one attached hydrogen (secondary N) is 1. The lowest BCUT2D eigenvalue weighted by Crippen LogP contribution is -2.28. The number of benzene rings is 1. The number of aromatic amines is 1. The molecule has 2 rings (SSSR count). The van der Waals surface area contributed by atoms with Crippen LogP contribution in [0.1, 0.15) is 19.4 Å². The Morgan fingerprint density at radius 2 is 2.00 bits per heavy atom. The number of H-pyrrole nitrogens is 1. The molecule has 15 heavy (non-hydrogen) atoms. The van der Waals surface area contributed by atoms with E-state index in [9.17, 15) is 0 Å². The Hall–Kier alpha value is -1.28. The van der Waals surface area contributed by atoms with E-state index in [0.717, 1.165) is 6.42 Å². The molecule has 1 aromatic heterocycles. The third kappa shape index (κ3) is 2.05. The van der Waals surface area contributed by atoms with Gasteiger partial charge in [0.15, 0.2) is 0 Å². The molecule has 0 aliphatic heterocycles. The minimum absolute atomic E-state index is 0.240. The van der Waals surface area contributed by atoms with Crippen LogP contribution in [0.25, 0.3) is 10.9 Å². The first-order chi connectivity index (χ1) is 7.18. The lowest BCUT2D eigenvalue weighted by Gasteiger charge is -2.14. The van der Waals surface area contributed by atoms with Crippen molar-refractivity contribution in [2.24, 2.45) is 11.7 Å². The Morgan fingerprint density at radius 1 is 1.27 bits per heavy atom. The molecule has 0 fully saturated rings. The molecular formula is C13H18N2. The van der Waals surface area contributed by atoms with Gasteiger partial charge in [0.05, 0.1) is 0 Å². The molecule has 1 aromatic carbocycles. The summed E-state index contributed by atoms with van der Waals surface area (Å²) in [5.41, 5.74) is 8.61. The van der Waals surface area contributed by atoms with E-state index < -0.39 is 0 Å². The lowest BCUT2D eigenvalue weighted by molar-refractivity contribution is 0.491. The van der Waals surface area contributed by atoms with Crippen molar-refractivity contribution < 1.29 is 0 Å². The van der Waals surface area contributed by atoms with E-state index in [-0.39, 0.29) is 6.04 Å². The van der Waals surface area contributed by atoms with Gasteiger partial charge in [0.1, 0.15) is 0 Å². The zero-order chi connectivity index (χ0) is 10.8. The Balaban J connectivity index is 2.29. The van der Waals surface area contributed by atoms with Crippen LogP contribution in [0.3, 0.4) is 0 Å². The summed E-state index contributed by atoms with van der Waals surface area (Å²) in [5, 5.41) is 1.30. The molecule has 0 saturated carbocycles. The highest BCUT2D eigenvalue weighted by Gasteiger charge is 2.11. The Bertz CT molecular complexity index is 442. The third-order valence-electron chi connectivity index (χ3n) is 2.99. The number of nitrogens with two attached hydrogens (primary N) is 1. The van der Waals surface area contributed by atoms with Crippen molar-refractivity contribution in [1.82, 2.24) is 4.98 Å². The smallest absolute Gasteiger partial charge is 0.0456 e. The first-order valence-corrected chi connectivity index (χ1v) is 5.49. The van der Waals surface area contributed by atoms with Crippen LogP contribution in [0.2, 0.25) is 0 Å². The lowest BCUT2D eigenvalue weighted by atomic mass is 9.97. The van der Waals surface area contributed by atoms with Crippen LogP contribution in [-0.4, -0.2) is 11.0 Å². The second-order valence-electron chi connectivity index (χ2n) is 4.47. The SMILES string of the molecule is CC(C)[C@@H](N)Cc1c[nH]c2ccccc12. The maximum Gasteiger partial charge on any atom is 0.0456 e. The van der Waals surface area contributed by atoms with Gasteiger partial charge in [0, 0.05) is 23.1 Å². The molecule has 1 atom stereocenters. The first kappa shape index (κ1) is 10.2. The molecule has 0 amide bonds. The van der Waals surface area contributed by atoms with E-state index in [2.05, 4.69) is 43.2 Å². The fraction of sp³-hybridized carbons (Fsp3) is 0.385. The third-order valence-corrected chi connectivity index (χ3v) is 2.99. The number of rotatable bonds is 3. The van der Waals surface area contributed by atoms with Gasteiger partial charge >= 0.3 is 0 Å². The molecular weight excluding hydrogens is 184 g/mol. The molecule has 0 aliphatic rings. The van der Waals surface area contributed by atoms with Crippen LogP contribution in [0, 0.1) is 5.92 Å². The Kier molecular flexibility index (Phi) is 2.78. The normalized spacial score (nSPS) is 13.6. The maximum atomic E-state index is 6.08.